The largest absolute Gasteiger partial charge is 0.388 e. The van der Waals surface area contributed by atoms with Crippen LogP contribution in [-0.2, 0) is 26.5 Å². The molecule has 2 aliphatic rings. The van der Waals surface area contributed by atoms with Gasteiger partial charge in [-0.2, -0.15) is 0 Å². The number of hydrogen-bond acceptors (Lipinski definition) is 6. The number of benzene rings is 2. The number of piperidine rings is 1. The van der Waals surface area contributed by atoms with E-state index in [1.54, 1.807) is 12.1 Å². The Morgan fingerprint density at radius 3 is 2.21 bits per heavy atom. The predicted octanol–water partition coefficient (Wildman–Crippen LogP) is 4.02. The molecule has 2 aromatic rings. The van der Waals surface area contributed by atoms with Crippen LogP contribution in [0, 0.1) is 11.8 Å². The van der Waals surface area contributed by atoms with Gasteiger partial charge < -0.3 is 10.0 Å². The van der Waals surface area contributed by atoms with Gasteiger partial charge in [0.05, 0.1) is 22.9 Å². The number of aryl methyl sites for hydroxylation is 1. The van der Waals surface area contributed by atoms with E-state index in [0.29, 0.717) is 49.8 Å². The third kappa shape index (κ3) is 6.35. The first-order valence-electron chi connectivity index (χ1n) is 13.5. The lowest BCUT2D eigenvalue weighted by molar-refractivity contribution is 0.162. The summed E-state index contributed by atoms with van der Waals surface area (Å²) >= 11 is 0. The summed E-state index contributed by atoms with van der Waals surface area (Å²) in [5.41, 5.74) is 3.28. The summed E-state index contributed by atoms with van der Waals surface area (Å²) in [5, 5.41) is 10.8. The van der Waals surface area contributed by atoms with Crippen LogP contribution in [0.25, 0.3) is 0 Å². The average Bonchev–Trinajstić information content (AvgIpc) is 2.88. The highest BCUT2D eigenvalue weighted by molar-refractivity contribution is 7.92. The first kappa shape index (κ1) is 28.9. The molecule has 2 aliphatic heterocycles. The number of nitrogens with zero attached hydrogens (tertiary/aromatic N) is 3. The van der Waals surface area contributed by atoms with Crippen LogP contribution in [0.1, 0.15) is 57.3 Å². The molecule has 1 atom stereocenters. The lowest BCUT2D eigenvalue weighted by Crippen LogP contribution is -2.42. The highest BCUT2D eigenvalue weighted by atomic mass is 32.2. The summed E-state index contributed by atoms with van der Waals surface area (Å²) in [6.07, 6.45) is 3.50. The Kier molecular flexibility index (Phi) is 8.76. The van der Waals surface area contributed by atoms with Crippen molar-refractivity contribution in [3.63, 3.8) is 0 Å². The number of rotatable bonds is 9. The Bertz CT molecular complexity index is 1320. The van der Waals surface area contributed by atoms with Gasteiger partial charge in [0.2, 0.25) is 10.0 Å². The zero-order valence-electron chi connectivity index (χ0n) is 22.9. The summed E-state index contributed by atoms with van der Waals surface area (Å²) in [6.45, 7) is 8.89. The molecule has 1 fully saturated rings. The summed E-state index contributed by atoms with van der Waals surface area (Å²) in [4.78, 5) is 2.40. The van der Waals surface area contributed by atoms with Crippen molar-refractivity contribution in [3.05, 3.63) is 53.6 Å². The monoisotopic (exact) mass is 563 g/mol. The lowest BCUT2D eigenvalue weighted by Gasteiger charge is -2.38. The highest BCUT2D eigenvalue weighted by Crippen LogP contribution is 2.38. The average molecular weight is 564 g/mol. The molecule has 210 valence electrons. The fraction of sp³-hybridized carbons (Fsp3) is 0.571. The molecule has 8 nitrogen and oxygen atoms in total. The van der Waals surface area contributed by atoms with E-state index in [1.807, 2.05) is 44.2 Å². The predicted molar refractivity (Wildman–Crippen MR) is 153 cm³/mol. The van der Waals surface area contributed by atoms with Gasteiger partial charge in [-0.3, -0.25) is 4.31 Å². The van der Waals surface area contributed by atoms with Crippen molar-refractivity contribution in [3.8, 4) is 0 Å². The van der Waals surface area contributed by atoms with Crippen molar-refractivity contribution in [2.45, 2.75) is 57.5 Å². The van der Waals surface area contributed by atoms with E-state index in [4.69, 9.17) is 0 Å². The first-order chi connectivity index (χ1) is 17.9. The van der Waals surface area contributed by atoms with E-state index < -0.39 is 26.2 Å². The van der Waals surface area contributed by atoms with E-state index >= 15 is 0 Å². The molecule has 1 N–H and O–H groups in total. The van der Waals surface area contributed by atoms with Crippen LogP contribution < -0.4 is 9.21 Å². The van der Waals surface area contributed by atoms with Crippen molar-refractivity contribution < 1.29 is 21.9 Å². The highest BCUT2D eigenvalue weighted by Gasteiger charge is 2.32. The molecule has 38 heavy (non-hydrogen) atoms. The van der Waals surface area contributed by atoms with E-state index in [0.717, 1.165) is 37.1 Å². The second-order valence-electron chi connectivity index (χ2n) is 11.0. The van der Waals surface area contributed by atoms with Gasteiger partial charge in [-0.25, -0.2) is 21.1 Å². The van der Waals surface area contributed by atoms with Gasteiger partial charge in [-0.05, 0) is 73.4 Å². The molecule has 10 heteroatoms. The van der Waals surface area contributed by atoms with Crippen LogP contribution in [0.15, 0.2) is 47.4 Å². The summed E-state index contributed by atoms with van der Waals surface area (Å²) in [5.74, 6) is 0.468. The molecule has 0 saturated carbocycles. The van der Waals surface area contributed by atoms with Crippen LogP contribution >= 0.6 is 0 Å². The molecular weight excluding hydrogens is 522 g/mol. The molecule has 1 unspecified atom stereocenters. The Morgan fingerprint density at radius 2 is 1.63 bits per heavy atom. The van der Waals surface area contributed by atoms with E-state index in [9.17, 15) is 21.9 Å². The van der Waals surface area contributed by atoms with Crippen LogP contribution in [0.5, 0.6) is 0 Å². The van der Waals surface area contributed by atoms with E-state index in [-0.39, 0.29) is 10.8 Å². The minimum Gasteiger partial charge on any atom is -0.388 e. The molecule has 0 radical (unpaired) electrons. The topological polar surface area (TPSA) is 98.2 Å². The summed E-state index contributed by atoms with van der Waals surface area (Å²) < 4.78 is 54.5. The Hall–Kier alpha value is -2.14. The minimum absolute atomic E-state index is 0.128. The van der Waals surface area contributed by atoms with Gasteiger partial charge in [0.1, 0.15) is 0 Å². The quantitative estimate of drug-likeness (QED) is 0.495. The van der Waals surface area contributed by atoms with Gasteiger partial charge in [-0.15, -0.1) is 0 Å². The fourth-order valence-electron chi connectivity index (χ4n) is 5.43. The van der Waals surface area contributed by atoms with Gasteiger partial charge >= 0.3 is 0 Å². The number of aliphatic hydroxyl groups excluding tert-OH is 1. The van der Waals surface area contributed by atoms with Crippen LogP contribution in [-0.4, -0.2) is 65.2 Å². The van der Waals surface area contributed by atoms with Gasteiger partial charge in [-0.1, -0.05) is 32.9 Å². The van der Waals surface area contributed by atoms with E-state index in [1.165, 1.54) is 14.9 Å². The van der Waals surface area contributed by atoms with Crippen LogP contribution in [0.3, 0.4) is 0 Å². The van der Waals surface area contributed by atoms with Crippen molar-refractivity contribution in [1.29, 1.82) is 0 Å². The SMILES string of the molecule is CCc1ccc(N(CC(C)C)S(=O)(=O)c2ccc3c(c2)C(O)CCN3CC2CCN(S(C)(=O)=O)CC2)cc1. The zero-order chi connectivity index (χ0) is 27.7. The fourth-order valence-corrected chi connectivity index (χ4v) is 7.96. The number of fused-ring (bicyclic) bond motifs is 1. The normalized spacial score (nSPS) is 19.5. The summed E-state index contributed by atoms with van der Waals surface area (Å²) in [6, 6.07) is 12.8. The molecule has 0 aliphatic carbocycles. The maximum absolute atomic E-state index is 13.9. The number of sulfonamides is 2. The Labute approximate surface area is 228 Å². The molecule has 0 aromatic heterocycles. The Balaban J connectivity index is 1.59. The van der Waals surface area contributed by atoms with Crippen molar-refractivity contribution >= 4 is 31.4 Å². The zero-order valence-corrected chi connectivity index (χ0v) is 24.5. The molecular formula is C28H41N3O5S2. The summed E-state index contributed by atoms with van der Waals surface area (Å²) in [7, 11) is -7.02. The second kappa shape index (κ2) is 11.5. The third-order valence-electron chi connectivity index (χ3n) is 7.64. The van der Waals surface area contributed by atoms with Gasteiger partial charge in [0.25, 0.3) is 10.0 Å². The molecule has 2 aromatic carbocycles. The smallest absolute Gasteiger partial charge is 0.264 e. The van der Waals surface area contributed by atoms with Gasteiger partial charge in [0.15, 0.2) is 0 Å². The number of hydrogen-bond donors (Lipinski definition) is 1. The van der Waals surface area contributed by atoms with Crippen molar-refractivity contribution in [2.75, 3.05) is 48.2 Å². The number of anilines is 2. The molecule has 0 amide bonds. The first-order valence-corrected chi connectivity index (χ1v) is 16.8. The second-order valence-corrected chi connectivity index (χ2v) is 14.9. The third-order valence-corrected chi connectivity index (χ3v) is 10.7. The maximum Gasteiger partial charge on any atom is 0.264 e. The van der Waals surface area contributed by atoms with E-state index in [2.05, 4.69) is 11.8 Å². The minimum atomic E-state index is -3.85. The standard InChI is InChI=1S/C28H41N3O5S2/c1-5-22-6-8-24(9-7-22)31(19-21(2)3)38(35,36)25-10-11-27-26(18-25)28(32)14-15-29(27)20-23-12-16-30(17-13-23)37(4,33)34/h6-11,18,21,23,28,32H,5,12-17,19-20H2,1-4H3. The van der Waals surface area contributed by atoms with Crippen molar-refractivity contribution in [1.82, 2.24) is 4.31 Å². The molecule has 0 bridgehead atoms. The van der Waals surface area contributed by atoms with Crippen LogP contribution in [0.4, 0.5) is 11.4 Å². The van der Waals surface area contributed by atoms with Crippen LogP contribution in [0.2, 0.25) is 0 Å². The molecule has 2 heterocycles. The molecule has 1 saturated heterocycles. The van der Waals surface area contributed by atoms with Crippen molar-refractivity contribution in [2.24, 2.45) is 11.8 Å². The molecule has 0 spiro atoms. The maximum atomic E-state index is 13.9. The lowest BCUT2D eigenvalue weighted by atomic mass is 9.94. The Morgan fingerprint density at radius 1 is 0.974 bits per heavy atom. The number of aliphatic hydroxyl groups is 1. The van der Waals surface area contributed by atoms with Gasteiger partial charge in [0, 0.05) is 44.0 Å². The molecule has 4 rings (SSSR count).